The molecule has 1 heterocycles. The first kappa shape index (κ1) is 18.3. The molecule has 2 aromatic rings. The van der Waals surface area contributed by atoms with Crippen molar-refractivity contribution in [3.05, 3.63) is 42.5 Å². The minimum absolute atomic E-state index is 0.0824. The number of hydrogen-bond acceptors (Lipinski definition) is 3. The number of carbonyl (C=O) groups is 1. The van der Waals surface area contributed by atoms with Crippen LogP contribution in [0.15, 0.2) is 42.5 Å². The topological polar surface area (TPSA) is 32.8 Å². The van der Waals surface area contributed by atoms with E-state index in [0.717, 1.165) is 22.9 Å². The smallest absolute Gasteiger partial charge is 0.260 e. The molecule has 1 amide bonds. The van der Waals surface area contributed by atoms with Crippen LogP contribution in [0.25, 0.3) is 10.8 Å². The van der Waals surface area contributed by atoms with Crippen molar-refractivity contribution in [2.75, 3.05) is 26.7 Å². The molecular weight excluding hydrogens is 336 g/mol. The van der Waals surface area contributed by atoms with Gasteiger partial charge in [0, 0.05) is 24.5 Å². The fourth-order valence-corrected chi connectivity index (χ4v) is 4.79. The van der Waals surface area contributed by atoms with E-state index in [4.69, 9.17) is 4.74 Å². The molecule has 0 aromatic heterocycles. The maximum atomic E-state index is 12.9. The van der Waals surface area contributed by atoms with Gasteiger partial charge in [0.25, 0.3) is 5.91 Å². The first-order valence-electron chi connectivity index (χ1n) is 10.3. The van der Waals surface area contributed by atoms with Crippen molar-refractivity contribution < 1.29 is 9.53 Å². The third-order valence-electron chi connectivity index (χ3n) is 6.30. The normalized spacial score (nSPS) is 23.4. The van der Waals surface area contributed by atoms with Gasteiger partial charge in [-0.15, -0.1) is 0 Å². The summed E-state index contributed by atoms with van der Waals surface area (Å²) in [4.78, 5) is 17.5. The second kappa shape index (κ2) is 8.30. The molecule has 0 bridgehead atoms. The Morgan fingerprint density at radius 2 is 1.78 bits per heavy atom. The molecule has 2 unspecified atom stereocenters. The van der Waals surface area contributed by atoms with Crippen LogP contribution in [0.1, 0.15) is 38.5 Å². The molecule has 2 fully saturated rings. The molecule has 1 saturated carbocycles. The molecule has 1 aliphatic heterocycles. The zero-order chi connectivity index (χ0) is 18.6. The highest BCUT2D eigenvalue weighted by Gasteiger charge is 2.35. The average molecular weight is 367 g/mol. The van der Waals surface area contributed by atoms with E-state index in [1.165, 1.54) is 45.2 Å². The standard InChI is InChI=1S/C23H30N2O2/c1-24(20-12-4-5-13-21(20)25-15-6-7-16-25)23(26)17-27-22-14-8-10-18-9-2-3-11-19(18)22/h2-3,8-11,14,20-21H,4-7,12-13,15-17H2,1H3. The number of amides is 1. The van der Waals surface area contributed by atoms with Crippen molar-refractivity contribution in [3.63, 3.8) is 0 Å². The summed E-state index contributed by atoms with van der Waals surface area (Å²) in [6.45, 7) is 2.49. The Morgan fingerprint density at radius 1 is 1.04 bits per heavy atom. The molecule has 4 rings (SSSR count). The highest BCUT2D eigenvalue weighted by Crippen LogP contribution is 2.29. The first-order chi connectivity index (χ1) is 13.2. The summed E-state index contributed by atoms with van der Waals surface area (Å²) in [6.07, 6.45) is 7.42. The Kier molecular flexibility index (Phi) is 5.63. The zero-order valence-corrected chi connectivity index (χ0v) is 16.3. The molecule has 4 nitrogen and oxygen atoms in total. The SMILES string of the molecule is CN(C(=O)COc1cccc2ccccc12)C1CCCCC1N1CCCC1. The lowest BCUT2D eigenvalue weighted by atomic mass is 9.88. The lowest BCUT2D eigenvalue weighted by Gasteiger charge is -2.42. The number of likely N-dealkylation sites (tertiary alicyclic amines) is 1. The van der Waals surface area contributed by atoms with Gasteiger partial charge in [-0.1, -0.05) is 49.2 Å². The number of likely N-dealkylation sites (N-methyl/N-ethyl adjacent to an activating group) is 1. The molecule has 0 spiro atoms. The fraction of sp³-hybridized carbons (Fsp3) is 0.522. The highest BCUT2D eigenvalue weighted by molar-refractivity contribution is 5.88. The molecule has 0 N–H and O–H groups in total. The Balaban J connectivity index is 1.42. The highest BCUT2D eigenvalue weighted by atomic mass is 16.5. The van der Waals surface area contributed by atoms with Crippen molar-refractivity contribution in [1.29, 1.82) is 0 Å². The molecular formula is C23H30N2O2. The van der Waals surface area contributed by atoms with Crippen LogP contribution in [0.3, 0.4) is 0 Å². The number of carbonyl (C=O) groups excluding carboxylic acids is 1. The third-order valence-corrected chi connectivity index (χ3v) is 6.30. The maximum absolute atomic E-state index is 12.9. The number of hydrogen-bond donors (Lipinski definition) is 0. The van der Waals surface area contributed by atoms with Crippen LogP contribution in [0.4, 0.5) is 0 Å². The first-order valence-corrected chi connectivity index (χ1v) is 10.3. The van der Waals surface area contributed by atoms with Gasteiger partial charge < -0.3 is 9.64 Å². The van der Waals surface area contributed by atoms with Crippen molar-refractivity contribution in [2.45, 2.75) is 50.6 Å². The lowest BCUT2D eigenvalue weighted by molar-refractivity contribution is -0.136. The number of rotatable bonds is 5. The summed E-state index contributed by atoms with van der Waals surface area (Å²) < 4.78 is 5.95. The molecule has 144 valence electrons. The van der Waals surface area contributed by atoms with Crippen LogP contribution in [0, 0.1) is 0 Å². The molecule has 2 aliphatic rings. The van der Waals surface area contributed by atoms with Crippen LogP contribution < -0.4 is 4.74 Å². The largest absolute Gasteiger partial charge is 0.483 e. The Bertz CT molecular complexity index is 780. The minimum Gasteiger partial charge on any atom is -0.483 e. The number of ether oxygens (including phenoxy) is 1. The Labute approximate surface area is 162 Å². The summed E-state index contributed by atoms with van der Waals surface area (Å²) in [5.74, 6) is 0.869. The van der Waals surface area contributed by atoms with E-state index >= 15 is 0 Å². The molecule has 4 heteroatoms. The van der Waals surface area contributed by atoms with E-state index in [-0.39, 0.29) is 12.5 Å². The van der Waals surface area contributed by atoms with Gasteiger partial charge in [-0.3, -0.25) is 9.69 Å². The van der Waals surface area contributed by atoms with E-state index in [1.54, 1.807) is 0 Å². The number of fused-ring (bicyclic) bond motifs is 1. The number of nitrogens with zero attached hydrogens (tertiary/aromatic N) is 2. The molecule has 27 heavy (non-hydrogen) atoms. The molecule has 2 atom stereocenters. The van der Waals surface area contributed by atoms with Gasteiger partial charge in [-0.05, 0) is 50.2 Å². The van der Waals surface area contributed by atoms with Gasteiger partial charge in [0.15, 0.2) is 6.61 Å². The quantitative estimate of drug-likeness (QED) is 0.799. The van der Waals surface area contributed by atoms with Gasteiger partial charge in [-0.2, -0.15) is 0 Å². The maximum Gasteiger partial charge on any atom is 0.260 e. The fourth-order valence-electron chi connectivity index (χ4n) is 4.79. The van der Waals surface area contributed by atoms with Gasteiger partial charge >= 0.3 is 0 Å². The van der Waals surface area contributed by atoms with Crippen molar-refractivity contribution in [2.24, 2.45) is 0 Å². The van der Waals surface area contributed by atoms with Gasteiger partial charge in [-0.25, -0.2) is 0 Å². The van der Waals surface area contributed by atoms with Crippen LogP contribution in [-0.2, 0) is 4.79 Å². The molecule has 1 saturated heterocycles. The van der Waals surface area contributed by atoms with Crippen LogP contribution in [0.5, 0.6) is 5.75 Å². The van der Waals surface area contributed by atoms with E-state index in [0.29, 0.717) is 12.1 Å². The number of benzene rings is 2. The summed E-state index contributed by atoms with van der Waals surface area (Å²) in [7, 11) is 1.97. The Morgan fingerprint density at radius 3 is 2.63 bits per heavy atom. The van der Waals surface area contributed by atoms with Gasteiger partial charge in [0.05, 0.1) is 0 Å². The van der Waals surface area contributed by atoms with E-state index < -0.39 is 0 Å². The Hall–Kier alpha value is -2.07. The van der Waals surface area contributed by atoms with Crippen LogP contribution in [-0.4, -0.2) is 54.5 Å². The van der Waals surface area contributed by atoms with E-state index in [2.05, 4.69) is 17.0 Å². The zero-order valence-electron chi connectivity index (χ0n) is 16.3. The van der Waals surface area contributed by atoms with Gasteiger partial charge in [0.2, 0.25) is 0 Å². The minimum atomic E-state index is 0.0824. The van der Waals surface area contributed by atoms with E-state index in [9.17, 15) is 4.79 Å². The lowest BCUT2D eigenvalue weighted by Crippen LogP contribution is -2.53. The monoisotopic (exact) mass is 366 g/mol. The van der Waals surface area contributed by atoms with Crippen molar-refractivity contribution >= 4 is 16.7 Å². The van der Waals surface area contributed by atoms with Crippen molar-refractivity contribution in [1.82, 2.24) is 9.80 Å². The molecule has 0 radical (unpaired) electrons. The third kappa shape index (κ3) is 3.96. The second-order valence-electron chi connectivity index (χ2n) is 7.93. The van der Waals surface area contributed by atoms with E-state index in [1.807, 2.05) is 42.3 Å². The predicted octanol–water partition coefficient (Wildman–Crippen LogP) is 4.08. The van der Waals surface area contributed by atoms with Gasteiger partial charge in [0.1, 0.15) is 5.75 Å². The predicted molar refractivity (Wildman–Crippen MR) is 109 cm³/mol. The summed E-state index contributed by atoms with van der Waals surface area (Å²) in [6, 6.07) is 15.0. The summed E-state index contributed by atoms with van der Waals surface area (Å²) in [5, 5.41) is 2.19. The van der Waals surface area contributed by atoms with Crippen LogP contribution >= 0.6 is 0 Å². The summed E-state index contributed by atoms with van der Waals surface area (Å²) in [5.41, 5.74) is 0. The average Bonchev–Trinajstić information content (AvgIpc) is 3.26. The molecule has 2 aromatic carbocycles. The second-order valence-corrected chi connectivity index (χ2v) is 7.93. The van der Waals surface area contributed by atoms with Crippen LogP contribution in [0.2, 0.25) is 0 Å². The molecule has 1 aliphatic carbocycles. The summed E-state index contributed by atoms with van der Waals surface area (Å²) >= 11 is 0. The van der Waals surface area contributed by atoms with Crippen molar-refractivity contribution in [3.8, 4) is 5.75 Å².